The van der Waals surface area contributed by atoms with Crippen LogP contribution in [0.2, 0.25) is 0 Å². The molecule has 3 saturated carbocycles. The first-order valence-electron chi connectivity index (χ1n) is 14.8. The maximum absolute atomic E-state index is 13.8. The number of hydrogen-bond donors (Lipinski definition) is 1. The van der Waals surface area contributed by atoms with Crippen molar-refractivity contribution in [1.29, 1.82) is 0 Å². The number of amides is 1. The number of carbonyl (C=O) groups is 1. The Kier molecular flexibility index (Phi) is 5.88. The summed E-state index contributed by atoms with van der Waals surface area (Å²) in [5.74, 6) is 3.21. The third-order valence-corrected chi connectivity index (χ3v) is 11.9. The van der Waals surface area contributed by atoms with Gasteiger partial charge in [0.2, 0.25) is 0 Å². The van der Waals surface area contributed by atoms with Gasteiger partial charge in [-0.05, 0) is 105 Å². The molecule has 1 amide bonds. The van der Waals surface area contributed by atoms with Gasteiger partial charge >= 0.3 is 0 Å². The Morgan fingerprint density at radius 3 is 2.74 bits per heavy atom. The first-order valence-corrected chi connectivity index (χ1v) is 15.6. The molecule has 3 fully saturated rings. The second-order valence-corrected chi connectivity index (χ2v) is 14.7. The largest absolute Gasteiger partial charge is 0.350 e. The maximum atomic E-state index is 13.8. The maximum Gasteiger partial charge on any atom is 0.272 e. The number of thiophene rings is 1. The van der Waals surface area contributed by atoms with Gasteiger partial charge in [0.1, 0.15) is 0 Å². The summed E-state index contributed by atoms with van der Waals surface area (Å²) in [4.78, 5) is 16.7. The molecular formula is C33H41N3OS. The number of nitrogens with zero attached hydrogens (tertiary/aromatic N) is 2. The fraction of sp³-hybridized carbons (Fsp3) is 0.576. The summed E-state index contributed by atoms with van der Waals surface area (Å²) in [6.07, 6.45) is 8.55. The second kappa shape index (κ2) is 9.08. The Morgan fingerprint density at radius 1 is 1.16 bits per heavy atom. The van der Waals surface area contributed by atoms with E-state index < -0.39 is 0 Å². The van der Waals surface area contributed by atoms with E-state index >= 15 is 0 Å². The van der Waals surface area contributed by atoms with Crippen molar-refractivity contribution >= 4 is 17.2 Å². The zero-order valence-electron chi connectivity index (χ0n) is 23.3. The van der Waals surface area contributed by atoms with Gasteiger partial charge in [-0.2, -0.15) is 5.10 Å². The molecule has 3 aromatic rings. The third kappa shape index (κ3) is 3.91. The lowest BCUT2D eigenvalue weighted by Crippen LogP contribution is -2.54. The molecule has 1 aromatic carbocycles. The minimum atomic E-state index is 0.0429. The smallest absolute Gasteiger partial charge is 0.272 e. The van der Waals surface area contributed by atoms with E-state index in [2.05, 4.69) is 68.0 Å². The molecule has 200 valence electrons. The van der Waals surface area contributed by atoms with Crippen LogP contribution in [0.25, 0.3) is 0 Å². The normalized spacial score (nSPS) is 28.6. The van der Waals surface area contributed by atoms with E-state index in [1.54, 1.807) is 4.88 Å². The fourth-order valence-electron chi connectivity index (χ4n) is 8.58. The molecule has 0 spiro atoms. The van der Waals surface area contributed by atoms with Gasteiger partial charge in [0.15, 0.2) is 5.69 Å². The summed E-state index contributed by atoms with van der Waals surface area (Å²) in [5.41, 5.74) is 7.68. The zero-order valence-corrected chi connectivity index (χ0v) is 24.2. The first kappa shape index (κ1) is 24.6. The number of fused-ring (bicyclic) bond motifs is 7. The monoisotopic (exact) mass is 527 g/mol. The van der Waals surface area contributed by atoms with E-state index in [0.717, 1.165) is 31.3 Å². The Balaban J connectivity index is 1.22. The fourth-order valence-corrected chi connectivity index (χ4v) is 9.71. The lowest BCUT2D eigenvalue weighted by atomic mass is 9.45. The van der Waals surface area contributed by atoms with E-state index in [4.69, 9.17) is 5.10 Å². The predicted molar refractivity (Wildman–Crippen MR) is 154 cm³/mol. The van der Waals surface area contributed by atoms with Crippen molar-refractivity contribution in [1.82, 2.24) is 15.1 Å². The van der Waals surface area contributed by atoms with Crippen molar-refractivity contribution in [2.45, 2.75) is 85.1 Å². The molecule has 1 N–H and O–H groups in total. The Hall–Kier alpha value is -2.40. The van der Waals surface area contributed by atoms with Crippen LogP contribution >= 0.6 is 11.3 Å². The molecule has 5 aliphatic carbocycles. The van der Waals surface area contributed by atoms with Crippen molar-refractivity contribution in [2.24, 2.45) is 29.1 Å². The summed E-state index contributed by atoms with van der Waals surface area (Å²) in [6, 6.07) is 11.2. The van der Waals surface area contributed by atoms with Gasteiger partial charge in [0.25, 0.3) is 5.91 Å². The number of aromatic nitrogens is 2. The molecule has 5 unspecified atom stereocenters. The summed E-state index contributed by atoms with van der Waals surface area (Å²) in [6.45, 7) is 10.8. The highest BCUT2D eigenvalue weighted by Crippen LogP contribution is 2.61. The van der Waals surface area contributed by atoms with Crippen LogP contribution in [0.1, 0.15) is 100 Å². The number of hydrogen-bond acceptors (Lipinski definition) is 3. The van der Waals surface area contributed by atoms with Crippen LogP contribution in [0.4, 0.5) is 0 Å². The van der Waals surface area contributed by atoms with Gasteiger partial charge in [-0.3, -0.25) is 9.48 Å². The van der Waals surface area contributed by atoms with Crippen molar-refractivity contribution < 1.29 is 4.79 Å². The van der Waals surface area contributed by atoms with Gasteiger partial charge in [-0.15, -0.1) is 11.3 Å². The van der Waals surface area contributed by atoms with E-state index in [-0.39, 0.29) is 5.91 Å². The van der Waals surface area contributed by atoms with Crippen molar-refractivity contribution in [3.8, 4) is 0 Å². The van der Waals surface area contributed by atoms with Crippen LogP contribution < -0.4 is 5.32 Å². The van der Waals surface area contributed by atoms with E-state index in [0.29, 0.717) is 28.9 Å². The lowest BCUT2D eigenvalue weighted by Gasteiger charge is -2.60. The quantitative estimate of drug-likeness (QED) is 0.386. The molecule has 8 rings (SSSR count). The van der Waals surface area contributed by atoms with Gasteiger partial charge in [0, 0.05) is 27.8 Å². The van der Waals surface area contributed by atoms with E-state index in [1.165, 1.54) is 71.3 Å². The molecule has 2 aromatic heterocycles. The van der Waals surface area contributed by atoms with Crippen LogP contribution in [0.5, 0.6) is 0 Å². The van der Waals surface area contributed by atoms with Gasteiger partial charge in [-0.1, -0.05) is 43.7 Å². The van der Waals surface area contributed by atoms with Crippen LogP contribution in [0.15, 0.2) is 30.3 Å². The molecule has 0 saturated heterocycles. The molecule has 2 heterocycles. The topological polar surface area (TPSA) is 46.9 Å². The second-order valence-electron chi connectivity index (χ2n) is 13.3. The number of nitrogens with one attached hydrogen (secondary N) is 1. The van der Waals surface area contributed by atoms with Gasteiger partial charge in [-0.25, -0.2) is 0 Å². The zero-order chi connectivity index (χ0) is 26.2. The van der Waals surface area contributed by atoms with E-state index in [9.17, 15) is 4.79 Å². The summed E-state index contributed by atoms with van der Waals surface area (Å²) < 4.78 is 2.20. The van der Waals surface area contributed by atoms with Crippen LogP contribution in [-0.4, -0.2) is 22.2 Å². The Morgan fingerprint density at radius 2 is 1.97 bits per heavy atom. The van der Waals surface area contributed by atoms with Gasteiger partial charge < -0.3 is 5.32 Å². The summed E-state index contributed by atoms with van der Waals surface area (Å²) >= 11 is 1.97. The lowest BCUT2D eigenvalue weighted by molar-refractivity contribution is -0.103. The highest BCUT2D eigenvalue weighted by molar-refractivity contribution is 7.12. The standard InChI is InChI=1S/C33H41N3OS/c1-19-8-10-21(11-9-19)18-36-31-26(15-22-6-5-7-28-25(29(22)31)14-20(2)38-28)30(35-36)32(37)34-17-23-12-13-24-16-27(23)33(24,3)4/h8-11,14,22-24,27,29H,5-7,12-13,15-18H2,1-4H3,(H,34,37). The molecule has 38 heavy (non-hydrogen) atoms. The predicted octanol–water partition coefficient (Wildman–Crippen LogP) is 7.05. The third-order valence-electron chi connectivity index (χ3n) is 10.8. The van der Waals surface area contributed by atoms with Crippen LogP contribution in [0, 0.1) is 42.9 Å². The Bertz CT molecular complexity index is 1380. The SMILES string of the molecule is Cc1ccc(Cn2nc(C(=O)NCC3CCC4CC3C4(C)C)c3c2C2c4cc(C)sc4CCCC2C3)cc1. The van der Waals surface area contributed by atoms with Crippen LogP contribution in [-0.2, 0) is 19.4 Å². The average molecular weight is 528 g/mol. The van der Waals surface area contributed by atoms with Crippen molar-refractivity contribution in [2.75, 3.05) is 6.54 Å². The number of carbonyl (C=O) groups excluding carboxylic acids is 1. The minimum Gasteiger partial charge on any atom is -0.350 e. The number of rotatable bonds is 5. The highest BCUT2D eigenvalue weighted by atomic mass is 32.1. The molecule has 5 aliphatic rings. The molecule has 0 radical (unpaired) electrons. The van der Waals surface area contributed by atoms with E-state index in [1.807, 2.05) is 11.3 Å². The van der Waals surface area contributed by atoms with Gasteiger partial charge in [0.05, 0.1) is 12.2 Å². The Labute approximate surface area is 231 Å². The van der Waals surface area contributed by atoms with Crippen LogP contribution in [0.3, 0.4) is 0 Å². The molecular weight excluding hydrogens is 486 g/mol. The first-order chi connectivity index (χ1) is 18.3. The molecule has 0 aliphatic heterocycles. The molecule has 5 atom stereocenters. The van der Waals surface area contributed by atoms with Crippen molar-refractivity contribution in [3.05, 3.63) is 73.7 Å². The highest BCUT2D eigenvalue weighted by Gasteiger charge is 2.54. The number of benzene rings is 1. The van der Waals surface area contributed by atoms with Crippen molar-refractivity contribution in [3.63, 3.8) is 0 Å². The molecule has 4 nitrogen and oxygen atoms in total. The number of aryl methyl sites for hydroxylation is 3. The summed E-state index contributed by atoms with van der Waals surface area (Å²) in [7, 11) is 0. The minimum absolute atomic E-state index is 0.0429. The molecule has 2 bridgehead atoms. The summed E-state index contributed by atoms with van der Waals surface area (Å²) in [5, 5.41) is 8.46. The molecule has 5 heteroatoms. The average Bonchev–Trinajstić information content (AvgIpc) is 3.53.